The van der Waals surface area contributed by atoms with Gasteiger partial charge in [-0.2, -0.15) is 0 Å². The molecule has 0 aromatic heterocycles. The molecule has 0 rings (SSSR count). The first kappa shape index (κ1) is 17.2. The highest BCUT2D eigenvalue weighted by atomic mass is 16.6. The second-order valence-corrected chi connectivity index (χ2v) is 5.10. The second kappa shape index (κ2) is 8.34. The standard InChI is InChI=1S/C12H22N2O5/c1-12(2,3)19-11(18)14-9(10(16)17)6-4-5-7-13-8-15/h8-9H,4-7H2,1-3H3,(H,13,15)(H,14,18)(H,16,17)/t9-/m0/s1. The van der Waals surface area contributed by atoms with E-state index in [0.717, 1.165) is 0 Å². The van der Waals surface area contributed by atoms with Crippen LogP contribution in [0.15, 0.2) is 0 Å². The molecule has 0 radical (unpaired) electrons. The third kappa shape index (κ3) is 9.87. The van der Waals surface area contributed by atoms with Gasteiger partial charge in [-0.15, -0.1) is 0 Å². The number of nitrogens with one attached hydrogen (secondary N) is 2. The highest BCUT2D eigenvalue weighted by Crippen LogP contribution is 2.08. The Balaban J connectivity index is 4.08. The number of alkyl carbamates (subject to hydrolysis) is 1. The first-order valence-electron chi connectivity index (χ1n) is 6.15. The van der Waals surface area contributed by atoms with Gasteiger partial charge in [0.2, 0.25) is 6.41 Å². The molecule has 7 nitrogen and oxygen atoms in total. The predicted octanol–water partition coefficient (Wildman–Crippen LogP) is 0.881. The molecule has 0 aliphatic rings. The van der Waals surface area contributed by atoms with Crippen molar-refractivity contribution in [1.82, 2.24) is 10.6 Å². The number of hydrogen-bond donors (Lipinski definition) is 3. The van der Waals surface area contributed by atoms with Crippen molar-refractivity contribution in [2.75, 3.05) is 6.54 Å². The molecular formula is C12H22N2O5. The van der Waals surface area contributed by atoms with E-state index < -0.39 is 23.7 Å². The van der Waals surface area contributed by atoms with Gasteiger partial charge in [0.05, 0.1) is 0 Å². The summed E-state index contributed by atoms with van der Waals surface area (Å²) in [5, 5.41) is 13.8. The summed E-state index contributed by atoms with van der Waals surface area (Å²) in [5.41, 5.74) is -0.666. The van der Waals surface area contributed by atoms with E-state index in [-0.39, 0.29) is 6.42 Å². The number of ether oxygens (including phenoxy) is 1. The number of carbonyl (C=O) groups excluding carboxylic acids is 2. The van der Waals surface area contributed by atoms with E-state index in [0.29, 0.717) is 25.8 Å². The van der Waals surface area contributed by atoms with Crippen LogP contribution in [-0.4, -0.2) is 41.8 Å². The van der Waals surface area contributed by atoms with E-state index in [9.17, 15) is 14.4 Å². The fourth-order valence-electron chi connectivity index (χ4n) is 1.34. The number of rotatable bonds is 8. The van der Waals surface area contributed by atoms with Crippen molar-refractivity contribution in [3.63, 3.8) is 0 Å². The second-order valence-electron chi connectivity index (χ2n) is 5.10. The number of hydrogen-bond acceptors (Lipinski definition) is 4. The average molecular weight is 274 g/mol. The largest absolute Gasteiger partial charge is 0.480 e. The zero-order chi connectivity index (χ0) is 14.9. The van der Waals surface area contributed by atoms with Crippen LogP contribution < -0.4 is 10.6 Å². The molecule has 0 bridgehead atoms. The summed E-state index contributed by atoms with van der Waals surface area (Å²) < 4.78 is 4.99. The van der Waals surface area contributed by atoms with Gasteiger partial charge in [-0.1, -0.05) is 0 Å². The van der Waals surface area contributed by atoms with Gasteiger partial charge in [-0.3, -0.25) is 4.79 Å². The average Bonchev–Trinajstić information content (AvgIpc) is 2.24. The smallest absolute Gasteiger partial charge is 0.408 e. The molecule has 0 spiro atoms. The molecule has 0 saturated heterocycles. The number of carboxylic acids is 1. The van der Waals surface area contributed by atoms with Gasteiger partial charge in [0.15, 0.2) is 0 Å². The van der Waals surface area contributed by atoms with Crippen LogP contribution in [0.2, 0.25) is 0 Å². The van der Waals surface area contributed by atoms with Crippen LogP contribution in [0.3, 0.4) is 0 Å². The maximum atomic E-state index is 11.5. The van der Waals surface area contributed by atoms with Crippen LogP contribution in [0.4, 0.5) is 4.79 Å². The predicted molar refractivity (Wildman–Crippen MR) is 68.7 cm³/mol. The van der Waals surface area contributed by atoms with Crippen molar-refractivity contribution >= 4 is 18.5 Å². The van der Waals surface area contributed by atoms with Crippen molar-refractivity contribution in [3.05, 3.63) is 0 Å². The molecule has 3 N–H and O–H groups in total. The fourth-order valence-corrected chi connectivity index (χ4v) is 1.34. The first-order chi connectivity index (χ1) is 8.76. The Morgan fingerprint density at radius 2 is 1.95 bits per heavy atom. The normalized spacial score (nSPS) is 12.4. The summed E-state index contributed by atoms with van der Waals surface area (Å²) in [6, 6.07) is -0.980. The van der Waals surface area contributed by atoms with Crippen LogP contribution in [0.1, 0.15) is 40.0 Å². The maximum Gasteiger partial charge on any atom is 0.408 e. The first-order valence-corrected chi connectivity index (χ1v) is 6.15. The summed E-state index contributed by atoms with van der Waals surface area (Å²) in [6.45, 7) is 5.59. The van der Waals surface area contributed by atoms with Gasteiger partial charge in [-0.25, -0.2) is 9.59 Å². The lowest BCUT2D eigenvalue weighted by atomic mass is 10.1. The highest BCUT2D eigenvalue weighted by Gasteiger charge is 2.23. The van der Waals surface area contributed by atoms with E-state index in [2.05, 4.69) is 10.6 Å². The van der Waals surface area contributed by atoms with Crippen LogP contribution >= 0.6 is 0 Å². The lowest BCUT2D eigenvalue weighted by Crippen LogP contribution is -2.43. The minimum Gasteiger partial charge on any atom is -0.480 e. The van der Waals surface area contributed by atoms with Crippen molar-refractivity contribution in [1.29, 1.82) is 0 Å². The number of unbranched alkanes of at least 4 members (excludes halogenated alkanes) is 1. The highest BCUT2D eigenvalue weighted by molar-refractivity contribution is 5.79. The molecule has 0 aromatic carbocycles. The molecule has 0 unspecified atom stereocenters. The summed E-state index contributed by atoms with van der Waals surface area (Å²) >= 11 is 0. The lowest BCUT2D eigenvalue weighted by molar-refractivity contribution is -0.139. The monoisotopic (exact) mass is 274 g/mol. The van der Waals surface area contributed by atoms with E-state index in [1.807, 2.05) is 0 Å². The Hall–Kier alpha value is -1.79. The van der Waals surface area contributed by atoms with Gasteiger partial charge < -0.3 is 20.5 Å². The Morgan fingerprint density at radius 3 is 2.42 bits per heavy atom. The van der Waals surface area contributed by atoms with Crippen molar-refractivity contribution in [3.8, 4) is 0 Å². The molecule has 0 aromatic rings. The Kier molecular flexibility index (Phi) is 7.55. The van der Waals surface area contributed by atoms with E-state index in [1.54, 1.807) is 20.8 Å². The molecular weight excluding hydrogens is 252 g/mol. The van der Waals surface area contributed by atoms with Gasteiger partial charge in [0.25, 0.3) is 0 Å². The van der Waals surface area contributed by atoms with Gasteiger partial charge in [0, 0.05) is 6.54 Å². The quantitative estimate of drug-likeness (QED) is 0.450. The number of carboxylic acid groups (broad SMARTS) is 1. The summed E-state index contributed by atoms with van der Waals surface area (Å²) in [5.74, 6) is -1.10. The lowest BCUT2D eigenvalue weighted by Gasteiger charge is -2.22. The minimum absolute atomic E-state index is 0.287. The SMILES string of the molecule is CC(C)(C)OC(=O)N[C@@H](CCCCNC=O)C(=O)O. The van der Waals surface area contributed by atoms with E-state index in [1.165, 1.54) is 0 Å². The molecule has 7 heteroatoms. The van der Waals surface area contributed by atoms with Crippen LogP contribution in [0.25, 0.3) is 0 Å². The number of carbonyl (C=O) groups is 3. The topological polar surface area (TPSA) is 105 Å². The van der Waals surface area contributed by atoms with Gasteiger partial charge >= 0.3 is 12.1 Å². The van der Waals surface area contributed by atoms with Crippen molar-refractivity contribution < 1.29 is 24.2 Å². The molecule has 1 atom stereocenters. The molecule has 19 heavy (non-hydrogen) atoms. The van der Waals surface area contributed by atoms with Gasteiger partial charge in [-0.05, 0) is 40.0 Å². The van der Waals surface area contributed by atoms with E-state index >= 15 is 0 Å². The summed E-state index contributed by atoms with van der Waals surface area (Å²) in [6.07, 6.45) is 1.36. The number of aliphatic carboxylic acids is 1. The maximum absolute atomic E-state index is 11.5. The van der Waals surface area contributed by atoms with E-state index in [4.69, 9.17) is 9.84 Å². The fraction of sp³-hybridized carbons (Fsp3) is 0.750. The summed E-state index contributed by atoms with van der Waals surface area (Å²) in [4.78, 5) is 32.4. The third-order valence-electron chi connectivity index (χ3n) is 2.14. The minimum atomic E-state index is -1.10. The Labute approximate surface area is 112 Å². The molecule has 0 aliphatic heterocycles. The molecule has 0 fully saturated rings. The molecule has 2 amide bonds. The van der Waals surface area contributed by atoms with Crippen LogP contribution in [0.5, 0.6) is 0 Å². The molecule has 0 saturated carbocycles. The summed E-state index contributed by atoms with van der Waals surface area (Å²) in [7, 11) is 0. The van der Waals surface area contributed by atoms with Crippen molar-refractivity contribution in [2.24, 2.45) is 0 Å². The number of amides is 2. The molecule has 0 aliphatic carbocycles. The zero-order valence-electron chi connectivity index (χ0n) is 11.6. The van der Waals surface area contributed by atoms with Gasteiger partial charge in [0.1, 0.15) is 11.6 Å². The molecule has 110 valence electrons. The van der Waals surface area contributed by atoms with Crippen molar-refractivity contribution in [2.45, 2.75) is 51.7 Å². The third-order valence-corrected chi connectivity index (χ3v) is 2.14. The molecule has 0 heterocycles. The Bertz CT molecular complexity index is 312. The Morgan fingerprint density at radius 1 is 1.32 bits per heavy atom. The zero-order valence-corrected chi connectivity index (χ0v) is 11.6. The van der Waals surface area contributed by atoms with Crippen LogP contribution in [0, 0.1) is 0 Å². The van der Waals surface area contributed by atoms with Crippen LogP contribution in [-0.2, 0) is 14.3 Å².